The zero-order valence-corrected chi connectivity index (χ0v) is 13.8. The van der Waals surface area contributed by atoms with E-state index in [-0.39, 0.29) is 0 Å². The number of rotatable bonds is 5. The minimum Gasteiger partial charge on any atom is -0.257 e. The first-order chi connectivity index (χ1) is 8.25. The second-order valence-electron chi connectivity index (χ2n) is 6.53. The van der Waals surface area contributed by atoms with Crippen LogP contribution in [0, 0.1) is 5.92 Å². The van der Waals surface area contributed by atoms with Crippen LogP contribution in [0.1, 0.15) is 38.4 Å². The van der Waals surface area contributed by atoms with Crippen LogP contribution in [-0.4, -0.2) is 13.1 Å². The van der Waals surface area contributed by atoms with Crippen molar-refractivity contribution in [2.45, 2.75) is 53.3 Å². The fourth-order valence-electron chi connectivity index (χ4n) is 2.16. The largest absolute Gasteiger partial charge is 0.257 e. The van der Waals surface area contributed by atoms with E-state index in [0.29, 0.717) is 5.92 Å². The molecule has 0 N–H and O–H groups in total. The molecule has 2 heteroatoms. The van der Waals surface area contributed by atoms with E-state index >= 15 is 0 Å². The standard InChI is InChI=1S/C16H27NSi/c1-8-13(4)15-10-14(9-12(2)3)16(11-17-15)18(5,6)7/h10-12H,4,8-9H2,1-3,5-7H3. The van der Waals surface area contributed by atoms with Gasteiger partial charge < -0.3 is 0 Å². The van der Waals surface area contributed by atoms with Crippen molar-refractivity contribution < 1.29 is 0 Å². The zero-order valence-electron chi connectivity index (χ0n) is 12.8. The lowest BCUT2D eigenvalue weighted by Crippen LogP contribution is -2.41. The molecule has 0 fully saturated rings. The highest BCUT2D eigenvalue weighted by atomic mass is 28.3. The van der Waals surface area contributed by atoms with Gasteiger partial charge >= 0.3 is 0 Å². The molecule has 1 aromatic heterocycles. The van der Waals surface area contributed by atoms with E-state index in [0.717, 1.165) is 24.1 Å². The van der Waals surface area contributed by atoms with Crippen molar-refractivity contribution in [2.75, 3.05) is 0 Å². The Balaban J connectivity index is 3.25. The molecule has 0 aliphatic rings. The predicted octanol–water partition coefficient (Wildman–Crippen LogP) is 4.25. The second kappa shape index (κ2) is 5.83. The highest BCUT2D eigenvalue weighted by molar-refractivity contribution is 6.89. The van der Waals surface area contributed by atoms with Gasteiger partial charge in [0.2, 0.25) is 0 Å². The van der Waals surface area contributed by atoms with Gasteiger partial charge in [0.1, 0.15) is 0 Å². The first kappa shape index (κ1) is 15.2. The molecule has 1 aromatic rings. The summed E-state index contributed by atoms with van der Waals surface area (Å²) in [5.74, 6) is 0.685. The van der Waals surface area contributed by atoms with Crippen LogP contribution in [0.4, 0.5) is 0 Å². The monoisotopic (exact) mass is 261 g/mol. The van der Waals surface area contributed by atoms with Gasteiger partial charge in [0.15, 0.2) is 0 Å². The summed E-state index contributed by atoms with van der Waals surface area (Å²) in [7, 11) is -1.30. The summed E-state index contributed by atoms with van der Waals surface area (Å²) in [4.78, 5) is 4.62. The van der Waals surface area contributed by atoms with Crippen molar-refractivity contribution in [3.05, 3.63) is 30.1 Å². The lowest BCUT2D eigenvalue weighted by atomic mass is 10.0. The Hall–Kier alpha value is -0.893. The fraction of sp³-hybridized carbons (Fsp3) is 0.562. The Labute approximate surface area is 113 Å². The van der Waals surface area contributed by atoms with Crippen LogP contribution in [0.3, 0.4) is 0 Å². The van der Waals surface area contributed by atoms with Crippen LogP contribution in [0.15, 0.2) is 18.8 Å². The van der Waals surface area contributed by atoms with E-state index in [9.17, 15) is 0 Å². The molecule has 0 aromatic carbocycles. The van der Waals surface area contributed by atoms with E-state index < -0.39 is 8.07 Å². The smallest absolute Gasteiger partial charge is 0.0799 e. The van der Waals surface area contributed by atoms with Gasteiger partial charge in [-0.15, -0.1) is 0 Å². The summed E-state index contributed by atoms with van der Waals surface area (Å²) >= 11 is 0. The van der Waals surface area contributed by atoms with Gasteiger partial charge in [-0.25, -0.2) is 0 Å². The number of hydrogen-bond acceptors (Lipinski definition) is 1. The van der Waals surface area contributed by atoms with Crippen molar-refractivity contribution in [2.24, 2.45) is 5.92 Å². The Morgan fingerprint density at radius 2 is 1.94 bits per heavy atom. The summed E-state index contributed by atoms with van der Waals surface area (Å²) < 4.78 is 0. The van der Waals surface area contributed by atoms with Crippen molar-refractivity contribution in [3.8, 4) is 0 Å². The molecule has 18 heavy (non-hydrogen) atoms. The number of aromatic nitrogens is 1. The summed E-state index contributed by atoms with van der Waals surface area (Å²) in [6, 6.07) is 2.28. The van der Waals surface area contributed by atoms with Crippen LogP contribution < -0.4 is 5.19 Å². The van der Waals surface area contributed by atoms with Crippen molar-refractivity contribution in [3.63, 3.8) is 0 Å². The first-order valence-corrected chi connectivity index (χ1v) is 10.4. The molecule has 1 heterocycles. The van der Waals surface area contributed by atoms with Gasteiger partial charge in [-0.1, -0.05) is 47.0 Å². The summed E-state index contributed by atoms with van der Waals surface area (Å²) in [6.45, 7) is 18.0. The molecule has 100 valence electrons. The Morgan fingerprint density at radius 1 is 1.33 bits per heavy atom. The molecule has 0 atom stereocenters. The third-order valence-corrected chi connectivity index (χ3v) is 5.28. The molecular formula is C16H27NSi. The minimum absolute atomic E-state index is 0.685. The number of hydrogen-bond donors (Lipinski definition) is 0. The van der Waals surface area contributed by atoms with Gasteiger partial charge in [0, 0.05) is 6.20 Å². The maximum atomic E-state index is 4.62. The molecule has 0 aliphatic carbocycles. The molecule has 0 radical (unpaired) electrons. The van der Waals surface area contributed by atoms with Crippen LogP contribution in [0.25, 0.3) is 5.57 Å². The fourth-order valence-corrected chi connectivity index (χ4v) is 3.74. The molecule has 0 bridgehead atoms. The van der Waals surface area contributed by atoms with Crippen LogP contribution >= 0.6 is 0 Å². The van der Waals surface area contributed by atoms with Gasteiger partial charge in [-0.3, -0.25) is 4.98 Å². The third-order valence-electron chi connectivity index (χ3n) is 3.21. The Kier molecular flexibility index (Phi) is 4.91. The summed E-state index contributed by atoms with van der Waals surface area (Å²) in [6.07, 6.45) is 4.23. The quantitative estimate of drug-likeness (QED) is 0.722. The van der Waals surface area contributed by atoms with E-state index in [1.54, 1.807) is 0 Å². The van der Waals surface area contributed by atoms with E-state index in [4.69, 9.17) is 0 Å². The molecule has 0 spiro atoms. The number of nitrogens with zero attached hydrogens (tertiary/aromatic N) is 1. The van der Waals surface area contributed by atoms with Crippen LogP contribution in [0.2, 0.25) is 19.6 Å². The predicted molar refractivity (Wildman–Crippen MR) is 85.1 cm³/mol. The van der Waals surface area contributed by atoms with E-state index in [2.05, 4.69) is 64.2 Å². The summed E-state index contributed by atoms with van der Waals surface area (Å²) in [5, 5.41) is 1.50. The van der Waals surface area contributed by atoms with Gasteiger partial charge in [0.25, 0.3) is 0 Å². The topological polar surface area (TPSA) is 12.9 Å². The van der Waals surface area contributed by atoms with Crippen molar-refractivity contribution in [1.29, 1.82) is 0 Å². The average Bonchev–Trinajstić information content (AvgIpc) is 2.25. The van der Waals surface area contributed by atoms with Gasteiger partial charge in [0.05, 0.1) is 13.8 Å². The normalized spacial score (nSPS) is 11.9. The highest BCUT2D eigenvalue weighted by Gasteiger charge is 2.21. The maximum Gasteiger partial charge on any atom is 0.0799 e. The number of allylic oxidation sites excluding steroid dienone is 1. The average molecular weight is 261 g/mol. The van der Waals surface area contributed by atoms with Crippen molar-refractivity contribution >= 4 is 18.8 Å². The molecule has 1 rings (SSSR count). The lowest BCUT2D eigenvalue weighted by molar-refractivity contribution is 0.648. The maximum absolute atomic E-state index is 4.62. The highest BCUT2D eigenvalue weighted by Crippen LogP contribution is 2.18. The van der Waals surface area contributed by atoms with Crippen LogP contribution in [-0.2, 0) is 6.42 Å². The van der Waals surface area contributed by atoms with Gasteiger partial charge in [-0.2, -0.15) is 0 Å². The molecular weight excluding hydrogens is 234 g/mol. The Bertz CT molecular complexity index is 427. The molecule has 0 saturated heterocycles. The SMILES string of the molecule is C=C(CC)c1cc(CC(C)C)c([Si](C)(C)C)cn1. The van der Waals surface area contributed by atoms with E-state index in [1.807, 2.05) is 0 Å². The first-order valence-electron chi connectivity index (χ1n) is 6.93. The molecule has 0 unspecified atom stereocenters. The molecule has 1 nitrogen and oxygen atoms in total. The second-order valence-corrected chi connectivity index (χ2v) is 11.6. The zero-order chi connectivity index (χ0) is 13.9. The summed E-state index contributed by atoms with van der Waals surface area (Å²) in [5.41, 5.74) is 3.71. The number of pyridine rings is 1. The van der Waals surface area contributed by atoms with Crippen molar-refractivity contribution in [1.82, 2.24) is 4.98 Å². The van der Waals surface area contributed by atoms with Crippen LogP contribution in [0.5, 0.6) is 0 Å². The van der Waals surface area contributed by atoms with Gasteiger partial charge in [-0.05, 0) is 41.1 Å². The Morgan fingerprint density at radius 3 is 2.39 bits per heavy atom. The minimum atomic E-state index is -1.30. The molecule has 0 saturated carbocycles. The van der Waals surface area contributed by atoms with E-state index in [1.165, 1.54) is 10.8 Å². The molecule has 0 amide bonds. The lowest BCUT2D eigenvalue weighted by Gasteiger charge is -2.22. The third kappa shape index (κ3) is 3.81. The molecule has 0 aliphatic heterocycles.